The number of hydrogen-bond acceptors (Lipinski definition) is 2. The second kappa shape index (κ2) is 5.00. The minimum atomic E-state index is -0.982. The van der Waals surface area contributed by atoms with Gasteiger partial charge in [-0.25, -0.2) is 4.79 Å². The lowest BCUT2D eigenvalue weighted by Crippen LogP contribution is -2.00. The Morgan fingerprint density at radius 2 is 2.36 bits per heavy atom. The van der Waals surface area contributed by atoms with Gasteiger partial charge < -0.3 is 5.11 Å². The molecular formula is C9H13ClN2O2. The molecule has 1 rings (SSSR count). The highest BCUT2D eigenvalue weighted by Crippen LogP contribution is 2.07. The van der Waals surface area contributed by atoms with E-state index in [9.17, 15) is 4.79 Å². The molecule has 1 heterocycles. The van der Waals surface area contributed by atoms with Crippen molar-refractivity contribution in [1.29, 1.82) is 0 Å². The standard InChI is InChI=1S/C9H13ClN2O2/c1-12-7(4-2-3-5-10)6-8(11-12)9(13)14/h6H,2-5H2,1H3,(H,13,14). The first-order chi connectivity index (χ1) is 6.65. The van der Waals surface area contributed by atoms with E-state index < -0.39 is 5.97 Å². The van der Waals surface area contributed by atoms with Crippen molar-refractivity contribution in [3.63, 3.8) is 0 Å². The number of carboxylic acids is 1. The first-order valence-electron chi connectivity index (χ1n) is 4.47. The van der Waals surface area contributed by atoms with Gasteiger partial charge in [-0.2, -0.15) is 5.10 Å². The van der Waals surface area contributed by atoms with Crippen LogP contribution in [0.5, 0.6) is 0 Å². The van der Waals surface area contributed by atoms with Gasteiger partial charge in [0.2, 0.25) is 0 Å². The van der Waals surface area contributed by atoms with Crippen LogP contribution in [0, 0.1) is 0 Å². The number of aryl methyl sites for hydroxylation is 2. The fourth-order valence-corrected chi connectivity index (χ4v) is 1.43. The Bertz CT molecular complexity index is 323. The minimum Gasteiger partial charge on any atom is -0.476 e. The first kappa shape index (κ1) is 11.0. The van der Waals surface area contributed by atoms with Gasteiger partial charge in [-0.3, -0.25) is 4.68 Å². The van der Waals surface area contributed by atoms with Crippen LogP contribution in [0.1, 0.15) is 29.0 Å². The number of alkyl halides is 1. The van der Waals surface area contributed by atoms with Crippen molar-refractivity contribution in [1.82, 2.24) is 9.78 Å². The summed E-state index contributed by atoms with van der Waals surface area (Å²) < 4.78 is 1.61. The summed E-state index contributed by atoms with van der Waals surface area (Å²) in [4.78, 5) is 10.6. The largest absolute Gasteiger partial charge is 0.476 e. The highest BCUT2D eigenvalue weighted by Gasteiger charge is 2.10. The van der Waals surface area contributed by atoms with Gasteiger partial charge in [-0.05, 0) is 25.3 Å². The van der Waals surface area contributed by atoms with Gasteiger partial charge >= 0.3 is 5.97 Å². The van der Waals surface area contributed by atoms with Crippen molar-refractivity contribution < 1.29 is 9.90 Å². The molecule has 0 saturated heterocycles. The SMILES string of the molecule is Cn1nc(C(=O)O)cc1CCCCCl. The normalized spacial score (nSPS) is 10.4. The Kier molecular flexibility index (Phi) is 3.95. The van der Waals surface area contributed by atoms with Crippen molar-refractivity contribution in [2.24, 2.45) is 7.05 Å². The molecule has 4 nitrogen and oxygen atoms in total. The summed E-state index contributed by atoms with van der Waals surface area (Å²) in [6.45, 7) is 0. The molecule has 14 heavy (non-hydrogen) atoms. The molecule has 0 unspecified atom stereocenters. The average molecular weight is 217 g/mol. The van der Waals surface area contributed by atoms with Gasteiger partial charge in [-0.15, -0.1) is 11.6 Å². The lowest BCUT2D eigenvalue weighted by Gasteiger charge is -1.98. The zero-order valence-electron chi connectivity index (χ0n) is 8.03. The summed E-state index contributed by atoms with van der Waals surface area (Å²) in [6, 6.07) is 1.61. The monoisotopic (exact) mass is 216 g/mol. The third kappa shape index (κ3) is 2.73. The molecule has 0 atom stereocenters. The zero-order chi connectivity index (χ0) is 10.6. The highest BCUT2D eigenvalue weighted by molar-refractivity contribution is 6.17. The number of nitrogens with zero attached hydrogens (tertiary/aromatic N) is 2. The molecule has 0 radical (unpaired) electrons. The molecule has 1 aromatic heterocycles. The molecule has 5 heteroatoms. The zero-order valence-corrected chi connectivity index (χ0v) is 8.79. The van der Waals surface area contributed by atoms with Gasteiger partial charge in [0.25, 0.3) is 0 Å². The molecule has 0 bridgehead atoms. The molecule has 0 saturated carbocycles. The summed E-state index contributed by atoms with van der Waals surface area (Å²) in [5.41, 5.74) is 1.04. The summed E-state index contributed by atoms with van der Waals surface area (Å²) in [5.74, 6) is -0.340. The van der Waals surface area contributed by atoms with E-state index in [4.69, 9.17) is 16.7 Å². The molecule has 0 fully saturated rings. The van der Waals surface area contributed by atoms with E-state index in [1.54, 1.807) is 17.8 Å². The molecule has 0 aromatic carbocycles. The summed E-state index contributed by atoms with van der Waals surface area (Å²) in [6.07, 6.45) is 2.72. The number of halogens is 1. The van der Waals surface area contributed by atoms with Crippen LogP contribution in [0.15, 0.2) is 6.07 Å². The number of carbonyl (C=O) groups is 1. The van der Waals surface area contributed by atoms with E-state index in [-0.39, 0.29) is 5.69 Å². The van der Waals surface area contributed by atoms with Crippen LogP contribution < -0.4 is 0 Å². The Morgan fingerprint density at radius 3 is 2.86 bits per heavy atom. The molecule has 1 N–H and O–H groups in total. The van der Waals surface area contributed by atoms with Crippen molar-refractivity contribution in [2.45, 2.75) is 19.3 Å². The smallest absolute Gasteiger partial charge is 0.356 e. The molecule has 78 valence electrons. The predicted octanol–water partition coefficient (Wildman–Crippen LogP) is 1.68. The van der Waals surface area contributed by atoms with Gasteiger partial charge in [0.1, 0.15) is 0 Å². The number of carboxylic acid groups (broad SMARTS) is 1. The van der Waals surface area contributed by atoms with Crippen LogP contribution in [-0.4, -0.2) is 26.7 Å². The maximum Gasteiger partial charge on any atom is 0.356 e. The average Bonchev–Trinajstić information content (AvgIpc) is 2.49. The van der Waals surface area contributed by atoms with Crippen LogP contribution in [-0.2, 0) is 13.5 Å². The predicted molar refractivity (Wildman–Crippen MR) is 53.8 cm³/mol. The lowest BCUT2D eigenvalue weighted by atomic mass is 10.2. The molecular weight excluding hydrogens is 204 g/mol. The quantitative estimate of drug-likeness (QED) is 0.602. The van der Waals surface area contributed by atoms with E-state index in [0.29, 0.717) is 5.88 Å². The van der Waals surface area contributed by atoms with Crippen LogP contribution in [0.25, 0.3) is 0 Å². The van der Waals surface area contributed by atoms with Crippen molar-refractivity contribution in [3.8, 4) is 0 Å². The maximum atomic E-state index is 10.6. The highest BCUT2D eigenvalue weighted by atomic mass is 35.5. The van der Waals surface area contributed by atoms with Gasteiger partial charge in [-0.1, -0.05) is 0 Å². The summed E-state index contributed by atoms with van der Waals surface area (Å²) in [5, 5.41) is 12.6. The molecule has 0 aliphatic rings. The van der Waals surface area contributed by atoms with Crippen LogP contribution >= 0.6 is 11.6 Å². The third-order valence-electron chi connectivity index (χ3n) is 2.01. The number of rotatable bonds is 5. The molecule has 0 aliphatic heterocycles. The minimum absolute atomic E-state index is 0.105. The van der Waals surface area contributed by atoms with Crippen molar-refractivity contribution >= 4 is 17.6 Å². The number of unbranched alkanes of at least 4 members (excludes halogenated alkanes) is 1. The molecule has 0 spiro atoms. The van der Waals surface area contributed by atoms with Crippen LogP contribution in [0.3, 0.4) is 0 Å². The van der Waals surface area contributed by atoms with Crippen molar-refractivity contribution in [2.75, 3.05) is 5.88 Å². The van der Waals surface area contributed by atoms with E-state index in [0.717, 1.165) is 25.0 Å². The van der Waals surface area contributed by atoms with Gasteiger partial charge in [0.15, 0.2) is 5.69 Å². The third-order valence-corrected chi connectivity index (χ3v) is 2.28. The van der Waals surface area contributed by atoms with Gasteiger partial charge in [0, 0.05) is 18.6 Å². The summed E-state index contributed by atoms with van der Waals surface area (Å²) in [7, 11) is 1.75. The van der Waals surface area contributed by atoms with E-state index >= 15 is 0 Å². The second-order valence-corrected chi connectivity index (χ2v) is 3.47. The fourth-order valence-electron chi connectivity index (χ4n) is 1.25. The maximum absolute atomic E-state index is 10.6. The number of hydrogen-bond donors (Lipinski definition) is 1. The van der Waals surface area contributed by atoms with Crippen LogP contribution in [0.2, 0.25) is 0 Å². The van der Waals surface area contributed by atoms with E-state index in [2.05, 4.69) is 5.10 Å². The van der Waals surface area contributed by atoms with Crippen LogP contribution in [0.4, 0.5) is 0 Å². The van der Waals surface area contributed by atoms with E-state index in [1.165, 1.54) is 0 Å². The fraction of sp³-hybridized carbons (Fsp3) is 0.556. The number of aromatic carboxylic acids is 1. The second-order valence-electron chi connectivity index (χ2n) is 3.10. The topological polar surface area (TPSA) is 55.1 Å². The van der Waals surface area contributed by atoms with Crippen molar-refractivity contribution in [3.05, 3.63) is 17.5 Å². The molecule has 1 aromatic rings. The Morgan fingerprint density at radius 1 is 1.64 bits per heavy atom. The first-order valence-corrected chi connectivity index (χ1v) is 5.00. The Hall–Kier alpha value is -1.03. The molecule has 0 aliphatic carbocycles. The van der Waals surface area contributed by atoms with Gasteiger partial charge in [0.05, 0.1) is 0 Å². The Balaban J connectivity index is 2.63. The summed E-state index contributed by atoms with van der Waals surface area (Å²) >= 11 is 5.55. The Labute approximate surface area is 87.5 Å². The lowest BCUT2D eigenvalue weighted by molar-refractivity contribution is 0.0689. The molecule has 0 amide bonds. The number of aromatic nitrogens is 2. The van der Waals surface area contributed by atoms with E-state index in [1.807, 2.05) is 0 Å².